The van der Waals surface area contributed by atoms with E-state index in [1.165, 1.54) is 0 Å². The molecule has 0 saturated carbocycles. The van der Waals surface area contributed by atoms with E-state index in [1.54, 1.807) is 0 Å². The number of benzene rings is 2. The smallest absolute Gasteiger partial charge is 0.261 e. The number of nitrogens with one attached hydrogen (secondary N) is 1. The zero-order valence-electron chi connectivity index (χ0n) is 12.5. The number of para-hydroxylation sites is 1. The zero-order chi connectivity index (χ0) is 15.1. The molecule has 21 heavy (non-hydrogen) atoms. The molecule has 1 N–H and O–H groups in total. The fourth-order valence-corrected chi connectivity index (χ4v) is 2.06. The van der Waals surface area contributed by atoms with E-state index in [2.05, 4.69) is 5.32 Å². The minimum atomic E-state index is -0.463. The third-order valence-electron chi connectivity index (χ3n) is 3.34. The van der Waals surface area contributed by atoms with Crippen molar-refractivity contribution in [3.63, 3.8) is 0 Å². The summed E-state index contributed by atoms with van der Waals surface area (Å²) in [6.07, 6.45) is 0.171. The van der Waals surface area contributed by atoms with Gasteiger partial charge in [0.2, 0.25) is 0 Å². The summed E-state index contributed by atoms with van der Waals surface area (Å²) in [5, 5.41) is 2.93. The van der Waals surface area contributed by atoms with Crippen molar-refractivity contribution in [1.29, 1.82) is 0 Å². The van der Waals surface area contributed by atoms with E-state index in [-0.39, 0.29) is 5.91 Å². The largest absolute Gasteiger partial charge is 0.480 e. The molecule has 2 aromatic rings. The van der Waals surface area contributed by atoms with Crippen molar-refractivity contribution >= 4 is 5.91 Å². The van der Waals surface area contributed by atoms with Crippen molar-refractivity contribution in [3.8, 4) is 5.75 Å². The van der Waals surface area contributed by atoms with Gasteiger partial charge in [0.1, 0.15) is 5.75 Å². The van der Waals surface area contributed by atoms with Gasteiger partial charge in [0.15, 0.2) is 6.10 Å². The monoisotopic (exact) mass is 283 g/mol. The first-order chi connectivity index (χ1) is 10.2. The lowest BCUT2D eigenvalue weighted by atomic mass is 10.2. The minimum absolute atomic E-state index is 0.0791. The van der Waals surface area contributed by atoms with Gasteiger partial charge in [-0.15, -0.1) is 0 Å². The average molecular weight is 283 g/mol. The molecule has 3 nitrogen and oxygen atoms in total. The van der Waals surface area contributed by atoms with Crippen LogP contribution in [0.4, 0.5) is 0 Å². The van der Waals surface area contributed by atoms with Crippen LogP contribution < -0.4 is 10.1 Å². The van der Waals surface area contributed by atoms with E-state index in [0.717, 1.165) is 16.9 Å². The summed E-state index contributed by atoms with van der Waals surface area (Å²) >= 11 is 0. The molecule has 1 atom stereocenters. The zero-order valence-corrected chi connectivity index (χ0v) is 12.5. The van der Waals surface area contributed by atoms with Crippen molar-refractivity contribution in [3.05, 3.63) is 65.7 Å². The van der Waals surface area contributed by atoms with Gasteiger partial charge in [0, 0.05) is 6.54 Å². The molecule has 0 aliphatic carbocycles. The Hall–Kier alpha value is -2.29. The summed E-state index contributed by atoms with van der Waals surface area (Å²) < 4.78 is 5.83. The molecule has 2 aromatic carbocycles. The van der Waals surface area contributed by atoms with Crippen molar-refractivity contribution in [2.75, 3.05) is 0 Å². The molecule has 0 fully saturated rings. The van der Waals surface area contributed by atoms with E-state index < -0.39 is 6.10 Å². The van der Waals surface area contributed by atoms with Crippen molar-refractivity contribution in [1.82, 2.24) is 5.32 Å². The Bertz CT molecular complexity index is 581. The van der Waals surface area contributed by atoms with Gasteiger partial charge in [-0.05, 0) is 30.5 Å². The van der Waals surface area contributed by atoms with Crippen LogP contribution in [0.15, 0.2) is 54.6 Å². The highest BCUT2D eigenvalue weighted by atomic mass is 16.5. The van der Waals surface area contributed by atoms with Gasteiger partial charge in [0.05, 0.1) is 0 Å². The number of hydrogen-bond donors (Lipinski definition) is 1. The number of carbonyl (C=O) groups is 1. The highest BCUT2D eigenvalue weighted by Gasteiger charge is 2.18. The molecular weight excluding hydrogens is 262 g/mol. The van der Waals surface area contributed by atoms with Crippen LogP contribution in [0.3, 0.4) is 0 Å². The molecule has 0 saturated heterocycles. The Labute approximate surface area is 126 Å². The van der Waals surface area contributed by atoms with Crippen molar-refractivity contribution in [2.24, 2.45) is 0 Å². The van der Waals surface area contributed by atoms with E-state index >= 15 is 0 Å². The highest BCUT2D eigenvalue weighted by Crippen LogP contribution is 2.18. The first kappa shape index (κ1) is 15.1. The summed E-state index contributed by atoms with van der Waals surface area (Å²) in [4.78, 5) is 12.2. The highest BCUT2D eigenvalue weighted by molar-refractivity contribution is 5.81. The summed E-state index contributed by atoms with van der Waals surface area (Å²) in [5.74, 6) is 0.684. The molecule has 0 heterocycles. The van der Waals surface area contributed by atoms with Crippen LogP contribution in [0.2, 0.25) is 0 Å². The number of ether oxygens (including phenoxy) is 1. The van der Waals surface area contributed by atoms with Crippen LogP contribution in [0.25, 0.3) is 0 Å². The maximum atomic E-state index is 12.2. The Morgan fingerprint density at radius 1 is 1.10 bits per heavy atom. The molecular formula is C18H21NO2. The van der Waals surface area contributed by atoms with Crippen LogP contribution in [0.5, 0.6) is 5.75 Å². The molecule has 0 aromatic heterocycles. The van der Waals surface area contributed by atoms with Gasteiger partial charge in [-0.25, -0.2) is 0 Å². The number of hydrogen-bond acceptors (Lipinski definition) is 2. The Morgan fingerprint density at radius 2 is 1.76 bits per heavy atom. The maximum absolute atomic E-state index is 12.2. The molecule has 1 unspecified atom stereocenters. The SMILES string of the molecule is CCC(Oc1ccccc1C)C(=O)NCc1ccccc1. The van der Waals surface area contributed by atoms with Gasteiger partial charge in [-0.3, -0.25) is 4.79 Å². The average Bonchev–Trinajstić information content (AvgIpc) is 2.53. The normalized spacial score (nSPS) is 11.7. The Balaban J connectivity index is 1.94. The number of aryl methyl sites for hydroxylation is 1. The summed E-state index contributed by atoms with van der Waals surface area (Å²) in [6.45, 7) is 4.45. The summed E-state index contributed by atoms with van der Waals surface area (Å²) in [6, 6.07) is 17.6. The maximum Gasteiger partial charge on any atom is 0.261 e. The van der Waals surface area contributed by atoms with Crippen LogP contribution in [-0.2, 0) is 11.3 Å². The van der Waals surface area contributed by atoms with E-state index in [1.807, 2.05) is 68.4 Å². The van der Waals surface area contributed by atoms with Gasteiger partial charge in [-0.2, -0.15) is 0 Å². The molecule has 110 valence electrons. The predicted octanol–water partition coefficient (Wildman–Crippen LogP) is 3.47. The van der Waals surface area contributed by atoms with Gasteiger partial charge >= 0.3 is 0 Å². The predicted molar refractivity (Wildman–Crippen MR) is 84.2 cm³/mol. The molecule has 2 rings (SSSR count). The van der Waals surface area contributed by atoms with Crippen molar-refractivity contribution < 1.29 is 9.53 Å². The molecule has 0 spiro atoms. The topological polar surface area (TPSA) is 38.3 Å². The minimum Gasteiger partial charge on any atom is -0.480 e. The van der Waals surface area contributed by atoms with Gasteiger partial charge in [0.25, 0.3) is 5.91 Å². The third-order valence-corrected chi connectivity index (χ3v) is 3.34. The molecule has 0 aliphatic rings. The van der Waals surface area contributed by atoms with E-state index in [0.29, 0.717) is 13.0 Å². The van der Waals surface area contributed by atoms with Crippen LogP contribution in [-0.4, -0.2) is 12.0 Å². The molecule has 0 radical (unpaired) electrons. The van der Waals surface area contributed by atoms with Gasteiger partial charge in [-0.1, -0.05) is 55.5 Å². The van der Waals surface area contributed by atoms with E-state index in [9.17, 15) is 4.79 Å². The van der Waals surface area contributed by atoms with Crippen LogP contribution in [0.1, 0.15) is 24.5 Å². The lowest BCUT2D eigenvalue weighted by Crippen LogP contribution is -2.37. The first-order valence-corrected chi connectivity index (χ1v) is 7.24. The fourth-order valence-electron chi connectivity index (χ4n) is 2.06. The summed E-state index contributed by atoms with van der Waals surface area (Å²) in [7, 11) is 0. The second-order valence-corrected chi connectivity index (χ2v) is 4.98. The van der Waals surface area contributed by atoms with Crippen LogP contribution in [0, 0.1) is 6.92 Å². The van der Waals surface area contributed by atoms with Gasteiger partial charge < -0.3 is 10.1 Å². The number of rotatable bonds is 6. The molecule has 0 aliphatic heterocycles. The second kappa shape index (κ2) is 7.48. The standard InChI is InChI=1S/C18H21NO2/c1-3-16(21-17-12-8-7-9-14(17)2)18(20)19-13-15-10-5-4-6-11-15/h4-12,16H,3,13H2,1-2H3,(H,19,20). The van der Waals surface area contributed by atoms with Crippen LogP contribution >= 0.6 is 0 Å². The number of carbonyl (C=O) groups excluding carboxylic acids is 1. The second-order valence-electron chi connectivity index (χ2n) is 4.98. The molecule has 3 heteroatoms. The van der Waals surface area contributed by atoms with E-state index in [4.69, 9.17) is 4.74 Å². The lowest BCUT2D eigenvalue weighted by Gasteiger charge is -2.18. The third kappa shape index (κ3) is 4.35. The Morgan fingerprint density at radius 3 is 2.43 bits per heavy atom. The lowest BCUT2D eigenvalue weighted by molar-refractivity contribution is -0.128. The molecule has 0 bridgehead atoms. The molecule has 1 amide bonds. The Kier molecular flexibility index (Phi) is 5.38. The first-order valence-electron chi connectivity index (χ1n) is 7.24. The quantitative estimate of drug-likeness (QED) is 0.881. The summed E-state index contributed by atoms with van der Waals surface area (Å²) in [5.41, 5.74) is 2.11. The van der Waals surface area contributed by atoms with Crippen molar-refractivity contribution in [2.45, 2.75) is 32.9 Å². The fraction of sp³-hybridized carbons (Fsp3) is 0.278. The number of amides is 1.